The third kappa shape index (κ3) is 1.43. The maximum atomic E-state index is 11.4. The molecule has 0 unspecified atom stereocenters. The SMILES string of the molecule is O=C(O)C1(c2cc3c(cc2O)OCCO3)CCC1. The third-order valence-electron chi connectivity index (χ3n) is 3.79. The molecule has 0 spiro atoms. The molecule has 96 valence electrons. The molecule has 1 heterocycles. The van der Waals surface area contributed by atoms with Crippen LogP contribution in [0.2, 0.25) is 0 Å². The summed E-state index contributed by atoms with van der Waals surface area (Å²) < 4.78 is 10.8. The van der Waals surface area contributed by atoms with Gasteiger partial charge in [-0.15, -0.1) is 0 Å². The summed E-state index contributed by atoms with van der Waals surface area (Å²) in [4.78, 5) is 11.4. The summed E-state index contributed by atoms with van der Waals surface area (Å²) in [6.07, 6.45) is 1.96. The first-order valence-electron chi connectivity index (χ1n) is 6.00. The van der Waals surface area contributed by atoms with Gasteiger partial charge in [0.15, 0.2) is 11.5 Å². The number of carboxylic acids is 1. The van der Waals surface area contributed by atoms with E-state index in [-0.39, 0.29) is 5.75 Å². The standard InChI is InChI=1S/C13H14O5/c14-9-7-11-10(17-4-5-18-11)6-8(9)13(12(15)16)2-1-3-13/h6-7,14H,1-5H2,(H,15,16). The van der Waals surface area contributed by atoms with Gasteiger partial charge in [-0.2, -0.15) is 0 Å². The van der Waals surface area contributed by atoms with E-state index in [0.29, 0.717) is 43.1 Å². The summed E-state index contributed by atoms with van der Waals surface area (Å²) in [5.41, 5.74) is -0.523. The molecule has 2 aliphatic rings. The van der Waals surface area contributed by atoms with Crippen LogP contribution in [0.4, 0.5) is 0 Å². The van der Waals surface area contributed by atoms with E-state index in [2.05, 4.69) is 0 Å². The van der Waals surface area contributed by atoms with Crippen molar-refractivity contribution < 1.29 is 24.5 Å². The average Bonchev–Trinajstić information content (AvgIpc) is 2.27. The Morgan fingerprint density at radius 3 is 2.28 bits per heavy atom. The number of hydrogen-bond donors (Lipinski definition) is 2. The number of hydrogen-bond acceptors (Lipinski definition) is 4. The van der Waals surface area contributed by atoms with Crippen LogP contribution in [0.5, 0.6) is 17.2 Å². The van der Waals surface area contributed by atoms with E-state index in [1.807, 2.05) is 0 Å². The van der Waals surface area contributed by atoms with Crippen molar-refractivity contribution in [2.75, 3.05) is 13.2 Å². The number of aliphatic carboxylic acids is 1. The van der Waals surface area contributed by atoms with Gasteiger partial charge in [0.05, 0.1) is 5.41 Å². The number of fused-ring (bicyclic) bond motifs is 1. The molecule has 3 rings (SSSR count). The summed E-state index contributed by atoms with van der Waals surface area (Å²) in [5.74, 6) is 0.0750. The number of phenolic OH excluding ortho intramolecular Hbond substituents is 1. The molecule has 1 aromatic rings. The minimum atomic E-state index is -0.958. The van der Waals surface area contributed by atoms with E-state index >= 15 is 0 Å². The second kappa shape index (κ2) is 3.80. The van der Waals surface area contributed by atoms with Gasteiger partial charge in [0.2, 0.25) is 0 Å². The molecule has 1 aliphatic carbocycles. The minimum Gasteiger partial charge on any atom is -0.507 e. The zero-order valence-corrected chi connectivity index (χ0v) is 9.81. The maximum absolute atomic E-state index is 11.4. The Morgan fingerprint density at radius 2 is 1.78 bits per heavy atom. The fourth-order valence-electron chi connectivity index (χ4n) is 2.59. The molecule has 0 saturated heterocycles. The smallest absolute Gasteiger partial charge is 0.314 e. The Kier molecular flexibility index (Phi) is 2.36. The highest BCUT2D eigenvalue weighted by atomic mass is 16.6. The van der Waals surface area contributed by atoms with Crippen LogP contribution in [0.15, 0.2) is 12.1 Å². The summed E-state index contributed by atoms with van der Waals surface area (Å²) in [6, 6.07) is 3.06. The van der Waals surface area contributed by atoms with Crippen molar-refractivity contribution in [1.82, 2.24) is 0 Å². The number of carbonyl (C=O) groups is 1. The molecule has 1 aromatic carbocycles. The summed E-state index contributed by atoms with van der Waals surface area (Å²) in [6.45, 7) is 0.882. The first-order chi connectivity index (χ1) is 8.63. The molecular weight excluding hydrogens is 236 g/mol. The summed E-state index contributed by atoms with van der Waals surface area (Å²) >= 11 is 0. The largest absolute Gasteiger partial charge is 0.507 e. The molecule has 0 bridgehead atoms. The van der Waals surface area contributed by atoms with Crippen molar-refractivity contribution in [1.29, 1.82) is 0 Å². The summed E-state index contributed by atoms with van der Waals surface area (Å²) in [7, 11) is 0. The lowest BCUT2D eigenvalue weighted by atomic mass is 9.64. The van der Waals surface area contributed by atoms with Crippen LogP contribution in [0.25, 0.3) is 0 Å². The highest BCUT2D eigenvalue weighted by molar-refractivity contribution is 5.84. The van der Waals surface area contributed by atoms with E-state index in [1.165, 1.54) is 6.07 Å². The first-order valence-corrected chi connectivity index (χ1v) is 6.00. The van der Waals surface area contributed by atoms with Crippen LogP contribution in [-0.4, -0.2) is 29.4 Å². The Bertz CT molecular complexity index is 504. The lowest BCUT2D eigenvalue weighted by Crippen LogP contribution is -2.42. The zero-order valence-electron chi connectivity index (χ0n) is 9.81. The molecule has 0 amide bonds. The molecule has 18 heavy (non-hydrogen) atoms. The van der Waals surface area contributed by atoms with Crippen molar-refractivity contribution in [2.24, 2.45) is 0 Å². The second-order valence-electron chi connectivity index (χ2n) is 4.75. The van der Waals surface area contributed by atoms with E-state index in [9.17, 15) is 15.0 Å². The van der Waals surface area contributed by atoms with Gasteiger partial charge in [0.25, 0.3) is 0 Å². The molecule has 5 heteroatoms. The Balaban J connectivity index is 2.09. The van der Waals surface area contributed by atoms with Gasteiger partial charge in [-0.05, 0) is 18.9 Å². The lowest BCUT2D eigenvalue weighted by Gasteiger charge is -2.38. The number of aromatic hydroxyl groups is 1. The Morgan fingerprint density at radius 1 is 1.17 bits per heavy atom. The van der Waals surface area contributed by atoms with Gasteiger partial charge in [-0.25, -0.2) is 0 Å². The van der Waals surface area contributed by atoms with Crippen molar-refractivity contribution in [3.8, 4) is 17.2 Å². The number of rotatable bonds is 2. The quantitative estimate of drug-likeness (QED) is 0.835. The number of ether oxygens (including phenoxy) is 2. The maximum Gasteiger partial charge on any atom is 0.314 e. The van der Waals surface area contributed by atoms with E-state index in [0.717, 1.165) is 6.42 Å². The lowest BCUT2D eigenvalue weighted by molar-refractivity contribution is -0.147. The van der Waals surface area contributed by atoms with Crippen LogP contribution in [-0.2, 0) is 10.2 Å². The Hall–Kier alpha value is -1.91. The average molecular weight is 250 g/mol. The topological polar surface area (TPSA) is 76.0 Å². The van der Waals surface area contributed by atoms with Gasteiger partial charge >= 0.3 is 5.97 Å². The fourth-order valence-corrected chi connectivity index (χ4v) is 2.59. The van der Waals surface area contributed by atoms with Crippen molar-refractivity contribution in [2.45, 2.75) is 24.7 Å². The van der Waals surface area contributed by atoms with Crippen LogP contribution >= 0.6 is 0 Å². The minimum absolute atomic E-state index is 0.0265. The number of benzene rings is 1. The highest BCUT2D eigenvalue weighted by Crippen LogP contribution is 2.50. The fraction of sp³-hybridized carbons (Fsp3) is 0.462. The molecule has 1 fully saturated rings. The van der Waals surface area contributed by atoms with E-state index in [4.69, 9.17) is 9.47 Å². The van der Waals surface area contributed by atoms with Gasteiger partial charge in [-0.1, -0.05) is 6.42 Å². The molecule has 2 N–H and O–H groups in total. The van der Waals surface area contributed by atoms with Crippen LogP contribution < -0.4 is 9.47 Å². The monoisotopic (exact) mass is 250 g/mol. The van der Waals surface area contributed by atoms with Gasteiger partial charge in [0.1, 0.15) is 19.0 Å². The summed E-state index contributed by atoms with van der Waals surface area (Å²) in [5, 5.41) is 19.4. The van der Waals surface area contributed by atoms with Crippen molar-refractivity contribution in [3.63, 3.8) is 0 Å². The predicted molar refractivity (Wildman–Crippen MR) is 62.3 cm³/mol. The number of carboxylic acid groups (broad SMARTS) is 1. The molecule has 0 radical (unpaired) electrons. The molecular formula is C13H14O5. The zero-order chi connectivity index (χ0) is 12.8. The van der Waals surface area contributed by atoms with Crippen LogP contribution in [0.3, 0.4) is 0 Å². The number of phenols is 1. The molecule has 0 aromatic heterocycles. The van der Waals surface area contributed by atoms with Gasteiger partial charge in [-0.3, -0.25) is 4.79 Å². The molecule has 1 aliphatic heterocycles. The second-order valence-corrected chi connectivity index (χ2v) is 4.75. The van der Waals surface area contributed by atoms with Crippen molar-refractivity contribution in [3.05, 3.63) is 17.7 Å². The molecule has 0 atom stereocenters. The Labute approximate surface area is 104 Å². The third-order valence-corrected chi connectivity index (χ3v) is 3.79. The molecule has 1 saturated carbocycles. The predicted octanol–water partition coefficient (Wildman–Crippen LogP) is 1.67. The van der Waals surface area contributed by atoms with Crippen LogP contribution in [0.1, 0.15) is 24.8 Å². The van der Waals surface area contributed by atoms with Gasteiger partial charge in [0, 0.05) is 11.6 Å². The normalized spacial score (nSPS) is 20.0. The van der Waals surface area contributed by atoms with Gasteiger partial charge < -0.3 is 19.7 Å². The van der Waals surface area contributed by atoms with E-state index in [1.54, 1.807) is 6.07 Å². The first kappa shape index (κ1) is 11.2. The molecule has 5 nitrogen and oxygen atoms in total. The van der Waals surface area contributed by atoms with Crippen molar-refractivity contribution >= 4 is 5.97 Å². The van der Waals surface area contributed by atoms with E-state index < -0.39 is 11.4 Å². The highest BCUT2D eigenvalue weighted by Gasteiger charge is 2.48. The van der Waals surface area contributed by atoms with Crippen LogP contribution in [0, 0.1) is 0 Å².